The van der Waals surface area contributed by atoms with Crippen LogP contribution in [0.5, 0.6) is 0 Å². The van der Waals surface area contributed by atoms with Crippen LogP contribution in [-0.4, -0.2) is 77.0 Å². The molecule has 0 atom stereocenters. The maximum atomic E-state index is 13.1. The summed E-state index contributed by atoms with van der Waals surface area (Å²) >= 11 is 0. The summed E-state index contributed by atoms with van der Waals surface area (Å²) in [6.07, 6.45) is 13.3. The molecule has 1 aliphatic rings. The van der Waals surface area contributed by atoms with E-state index in [2.05, 4.69) is 38.0 Å². The number of carbonyl (C=O) groups is 3. The summed E-state index contributed by atoms with van der Waals surface area (Å²) in [5.41, 5.74) is 5.11. The van der Waals surface area contributed by atoms with Gasteiger partial charge in [0.15, 0.2) is 0 Å². The van der Waals surface area contributed by atoms with Crippen molar-refractivity contribution in [1.29, 1.82) is 0 Å². The Bertz CT molecular complexity index is 1710. The fourth-order valence-corrected chi connectivity index (χ4v) is 5.58. The van der Waals surface area contributed by atoms with Gasteiger partial charge < -0.3 is 34.9 Å². The van der Waals surface area contributed by atoms with Crippen molar-refractivity contribution in [1.82, 2.24) is 24.3 Å². The molecular formula is C36H44N8O3. The molecule has 0 bridgehead atoms. The highest BCUT2D eigenvalue weighted by Crippen LogP contribution is 2.19. The molecule has 3 aromatic heterocycles. The van der Waals surface area contributed by atoms with Gasteiger partial charge in [0.05, 0.1) is 22.6 Å². The summed E-state index contributed by atoms with van der Waals surface area (Å²) in [5, 5.41) is 8.69. The van der Waals surface area contributed by atoms with E-state index >= 15 is 0 Å². The highest BCUT2D eigenvalue weighted by atomic mass is 16.2. The maximum Gasteiger partial charge on any atom is 0.272 e. The normalized spacial score (nSPS) is 13.2. The highest BCUT2D eigenvalue weighted by Gasteiger charge is 2.18. The number of rotatable bonds is 13. The minimum atomic E-state index is -0.360. The SMILES string of the molecule is CN(C)c1ccc(/C=C/c2ccc(C(=O)Nc3cc(C(=O)Nc4cc(C(=O)NCCCCN5CCCC5)n(C)c4)n(C)c3)cn2)cc1. The highest BCUT2D eigenvalue weighted by molar-refractivity contribution is 6.07. The number of benzene rings is 1. The zero-order chi connectivity index (χ0) is 33.3. The van der Waals surface area contributed by atoms with E-state index < -0.39 is 0 Å². The fourth-order valence-electron chi connectivity index (χ4n) is 5.58. The summed E-state index contributed by atoms with van der Waals surface area (Å²) in [5.74, 6) is -0.868. The molecule has 3 amide bonds. The summed E-state index contributed by atoms with van der Waals surface area (Å²) in [6.45, 7) is 4.06. The molecular weight excluding hydrogens is 592 g/mol. The van der Waals surface area contributed by atoms with Crippen molar-refractivity contribution in [2.24, 2.45) is 14.1 Å². The number of pyridine rings is 1. The predicted molar refractivity (Wildman–Crippen MR) is 188 cm³/mol. The lowest BCUT2D eigenvalue weighted by Crippen LogP contribution is -2.27. The number of nitrogens with one attached hydrogen (secondary N) is 3. The number of amides is 3. The topological polar surface area (TPSA) is 117 Å². The van der Waals surface area contributed by atoms with Crippen molar-refractivity contribution < 1.29 is 14.4 Å². The molecule has 3 N–H and O–H groups in total. The van der Waals surface area contributed by atoms with Crippen LogP contribution in [0.3, 0.4) is 0 Å². The molecule has 1 fully saturated rings. The van der Waals surface area contributed by atoms with Gasteiger partial charge in [-0.15, -0.1) is 0 Å². The quantitative estimate of drug-likeness (QED) is 0.176. The minimum absolute atomic E-state index is 0.175. The molecule has 5 rings (SSSR count). The lowest BCUT2D eigenvalue weighted by atomic mass is 10.1. The molecule has 0 spiro atoms. The first-order valence-electron chi connectivity index (χ1n) is 16.0. The average molecular weight is 637 g/mol. The number of aromatic nitrogens is 3. The molecule has 0 unspecified atom stereocenters. The molecule has 11 nitrogen and oxygen atoms in total. The zero-order valence-electron chi connectivity index (χ0n) is 27.6. The third-order valence-corrected chi connectivity index (χ3v) is 8.28. The Balaban J connectivity index is 1.11. The van der Waals surface area contributed by atoms with Crippen molar-refractivity contribution in [3.8, 4) is 0 Å². The average Bonchev–Trinajstić information content (AvgIpc) is 3.80. The minimum Gasteiger partial charge on any atom is -0.378 e. The number of anilines is 3. The van der Waals surface area contributed by atoms with Crippen LogP contribution in [0, 0.1) is 0 Å². The number of likely N-dealkylation sites (tertiary alicyclic amines) is 1. The molecule has 47 heavy (non-hydrogen) atoms. The number of nitrogens with zero attached hydrogens (tertiary/aromatic N) is 5. The first kappa shape index (κ1) is 33.2. The van der Waals surface area contributed by atoms with E-state index in [0.29, 0.717) is 34.9 Å². The smallest absolute Gasteiger partial charge is 0.272 e. The molecule has 246 valence electrons. The summed E-state index contributed by atoms with van der Waals surface area (Å²) in [4.78, 5) is 47.7. The standard InChI is InChI=1S/C36H44N8O3/c1-41(2)31-15-10-26(11-16-31)9-13-28-14-12-27(23-38-28)34(45)39-29-22-33(43(4)24-29)36(47)40-30-21-32(42(3)25-30)35(46)37-17-5-6-18-44-19-7-8-20-44/h9-16,21-25H,5-8,17-20H2,1-4H3,(H,37,46)(H,39,45)(H,40,47)/b13-9+. The molecule has 1 aromatic carbocycles. The van der Waals surface area contributed by atoms with Gasteiger partial charge in [0.2, 0.25) is 0 Å². The Hall–Kier alpha value is -5.16. The first-order chi connectivity index (χ1) is 22.7. The van der Waals surface area contributed by atoms with E-state index in [1.807, 2.05) is 43.3 Å². The van der Waals surface area contributed by atoms with E-state index in [0.717, 1.165) is 36.3 Å². The van der Waals surface area contributed by atoms with Crippen LogP contribution < -0.4 is 20.9 Å². The maximum absolute atomic E-state index is 13.1. The van der Waals surface area contributed by atoms with E-state index in [1.165, 1.54) is 32.1 Å². The van der Waals surface area contributed by atoms with Crippen LogP contribution >= 0.6 is 0 Å². The molecule has 4 aromatic rings. The van der Waals surface area contributed by atoms with Gasteiger partial charge in [-0.3, -0.25) is 19.4 Å². The summed E-state index contributed by atoms with van der Waals surface area (Å²) in [7, 11) is 7.51. The van der Waals surface area contributed by atoms with Crippen LogP contribution in [0.2, 0.25) is 0 Å². The summed E-state index contributed by atoms with van der Waals surface area (Å²) < 4.78 is 3.34. The molecule has 0 aliphatic carbocycles. The Morgan fingerprint density at radius 1 is 0.809 bits per heavy atom. The van der Waals surface area contributed by atoms with E-state index in [4.69, 9.17) is 0 Å². The van der Waals surface area contributed by atoms with Crippen molar-refractivity contribution in [3.05, 3.63) is 95.3 Å². The number of unbranched alkanes of at least 4 members (excludes halogenated alkanes) is 1. The van der Waals surface area contributed by atoms with Crippen LogP contribution in [0.25, 0.3) is 12.2 Å². The first-order valence-corrected chi connectivity index (χ1v) is 16.0. The van der Waals surface area contributed by atoms with E-state index in [1.54, 1.807) is 59.9 Å². The van der Waals surface area contributed by atoms with Crippen LogP contribution in [-0.2, 0) is 14.1 Å². The number of hydrogen-bond acceptors (Lipinski definition) is 6. The van der Waals surface area contributed by atoms with Crippen molar-refractivity contribution in [3.63, 3.8) is 0 Å². The second-order valence-corrected chi connectivity index (χ2v) is 12.2. The van der Waals surface area contributed by atoms with Crippen LogP contribution in [0.1, 0.15) is 68.3 Å². The molecule has 0 saturated carbocycles. The number of carbonyl (C=O) groups excluding carboxylic acids is 3. The van der Waals surface area contributed by atoms with Gasteiger partial charge in [-0.25, -0.2) is 0 Å². The van der Waals surface area contributed by atoms with Gasteiger partial charge in [-0.05, 0) is 93.4 Å². The van der Waals surface area contributed by atoms with Gasteiger partial charge in [0.25, 0.3) is 17.7 Å². The number of hydrogen-bond donors (Lipinski definition) is 3. The number of aryl methyl sites for hydroxylation is 2. The Morgan fingerprint density at radius 3 is 2.06 bits per heavy atom. The van der Waals surface area contributed by atoms with Gasteiger partial charge >= 0.3 is 0 Å². The third-order valence-electron chi connectivity index (χ3n) is 8.28. The molecule has 4 heterocycles. The lowest BCUT2D eigenvalue weighted by Gasteiger charge is -2.14. The molecule has 11 heteroatoms. The van der Waals surface area contributed by atoms with Gasteiger partial charge in [-0.2, -0.15) is 0 Å². The second-order valence-electron chi connectivity index (χ2n) is 12.2. The predicted octanol–water partition coefficient (Wildman–Crippen LogP) is 5.11. The monoisotopic (exact) mass is 636 g/mol. The van der Waals surface area contributed by atoms with Crippen molar-refractivity contribution >= 4 is 46.9 Å². The fraction of sp³-hybridized carbons (Fsp3) is 0.333. The van der Waals surface area contributed by atoms with Gasteiger partial charge in [0, 0.05) is 59.0 Å². The molecule has 1 aliphatic heterocycles. The Kier molecular flexibility index (Phi) is 10.9. The molecule has 1 saturated heterocycles. The lowest BCUT2D eigenvalue weighted by molar-refractivity contribution is 0.0942. The van der Waals surface area contributed by atoms with Crippen molar-refractivity contribution in [2.75, 3.05) is 55.8 Å². The third kappa shape index (κ3) is 8.98. The second kappa shape index (κ2) is 15.4. The largest absolute Gasteiger partial charge is 0.378 e. The van der Waals surface area contributed by atoms with Crippen LogP contribution in [0.15, 0.2) is 67.1 Å². The van der Waals surface area contributed by atoms with E-state index in [9.17, 15) is 14.4 Å². The molecule has 0 radical (unpaired) electrons. The van der Waals surface area contributed by atoms with Crippen molar-refractivity contribution in [2.45, 2.75) is 25.7 Å². The van der Waals surface area contributed by atoms with Crippen LogP contribution in [0.4, 0.5) is 17.1 Å². The Morgan fingerprint density at radius 2 is 1.45 bits per heavy atom. The Labute approximate surface area is 276 Å². The van der Waals surface area contributed by atoms with Gasteiger partial charge in [-0.1, -0.05) is 18.2 Å². The van der Waals surface area contributed by atoms with E-state index in [-0.39, 0.29) is 17.7 Å². The summed E-state index contributed by atoms with van der Waals surface area (Å²) in [6, 6.07) is 15.0. The van der Waals surface area contributed by atoms with Gasteiger partial charge in [0.1, 0.15) is 11.4 Å². The zero-order valence-corrected chi connectivity index (χ0v) is 27.6.